The molecular weight excluding hydrogens is 431 g/mol. The predicted molar refractivity (Wildman–Crippen MR) is 122 cm³/mol. The molecule has 3 rings (SSSR count). The maximum atomic E-state index is 13.6. The Bertz CT molecular complexity index is 1110. The van der Waals surface area contributed by atoms with E-state index in [4.69, 9.17) is 5.73 Å². The lowest BCUT2D eigenvalue weighted by Crippen LogP contribution is -2.35. The molecule has 0 aliphatic heterocycles. The van der Waals surface area contributed by atoms with Crippen LogP contribution >= 0.6 is 0 Å². The molecule has 2 amide bonds. The molecule has 0 radical (unpaired) electrons. The van der Waals surface area contributed by atoms with E-state index in [2.05, 4.69) is 13.8 Å². The van der Waals surface area contributed by atoms with E-state index < -0.39 is 28.3 Å². The van der Waals surface area contributed by atoms with Gasteiger partial charge in [-0.15, -0.1) is 0 Å². The Morgan fingerprint density at radius 3 is 2.28 bits per heavy atom. The third-order valence-electron chi connectivity index (χ3n) is 5.58. The van der Waals surface area contributed by atoms with Gasteiger partial charge in [-0.1, -0.05) is 38.1 Å². The Balaban J connectivity index is 1.94. The van der Waals surface area contributed by atoms with Crippen molar-refractivity contribution < 1.29 is 22.4 Å². The van der Waals surface area contributed by atoms with Gasteiger partial charge < -0.3 is 5.73 Å². The summed E-state index contributed by atoms with van der Waals surface area (Å²) in [4.78, 5) is 22.5. The molecule has 3 N–H and O–H groups in total. The van der Waals surface area contributed by atoms with Gasteiger partial charge in [0.15, 0.2) is 0 Å². The number of aryl methyl sites for hydroxylation is 1. The molecule has 2 aromatic carbocycles. The van der Waals surface area contributed by atoms with Crippen LogP contribution in [0.5, 0.6) is 0 Å². The van der Waals surface area contributed by atoms with Crippen molar-refractivity contribution in [3.05, 3.63) is 58.9 Å². The number of halogens is 1. The molecular formula is C24H29FN2O4S. The average Bonchev–Trinajstić information content (AvgIpc) is 3.50. The summed E-state index contributed by atoms with van der Waals surface area (Å²) in [6.07, 6.45) is 2.86. The highest BCUT2D eigenvalue weighted by Gasteiger charge is 2.26. The van der Waals surface area contributed by atoms with E-state index in [1.165, 1.54) is 30.5 Å². The van der Waals surface area contributed by atoms with Crippen molar-refractivity contribution in [2.75, 3.05) is 5.75 Å². The second kappa shape index (κ2) is 9.81. The van der Waals surface area contributed by atoms with Gasteiger partial charge in [0.1, 0.15) is 12.2 Å². The van der Waals surface area contributed by atoms with E-state index in [1.54, 1.807) is 12.1 Å². The van der Waals surface area contributed by atoms with Crippen LogP contribution in [0, 0.1) is 11.7 Å². The molecule has 0 heterocycles. The van der Waals surface area contributed by atoms with Gasteiger partial charge in [-0.05, 0) is 77.5 Å². The summed E-state index contributed by atoms with van der Waals surface area (Å²) < 4.78 is 40.2. The zero-order valence-electron chi connectivity index (χ0n) is 18.4. The minimum Gasteiger partial charge on any atom is -0.369 e. The maximum Gasteiger partial charge on any atom is 0.242 e. The van der Waals surface area contributed by atoms with Crippen molar-refractivity contribution in [1.82, 2.24) is 4.72 Å². The minimum absolute atomic E-state index is 0.108. The average molecular weight is 461 g/mol. The lowest BCUT2D eigenvalue weighted by Gasteiger charge is -2.22. The monoisotopic (exact) mass is 460 g/mol. The van der Waals surface area contributed by atoms with Crippen LogP contribution in [0.1, 0.15) is 55.7 Å². The van der Waals surface area contributed by atoms with Crippen molar-refractivity contribution in [2.24, 2.45) is 11.7 Å². The van der Waals surface area contributed by atoms with Gasteiger partial charge in [-0.2, -0.15) is 0 Å². The number of nitrogens with one attached hydrogen (secondary N) is 1. The zero-order valence-corrected chi connectivity index (χ0v) is 19.2. The summed E-state index contributed by atoms with van der Waals surface area (Å²) in [6, 6.07) is 10.4. The van der Waals surface area contributed by atoms with Crippen molar-refractivity contribution >= 4 is 21.8 Å². The Kier molecular flexibility index (Phi) is 7.33. The first-order valence-corrected chi connectivity index (χ1v) is 12.4. The van der Waals surface area contributed by atoms with E-state index in [0.29, 0.717) is 5.92 Å². The fourth-order valence-corrected chi connectivity index (χ4v) is 5.02. The molecule has 0 aromatic heterocycles. The number of rotatable bonds is 10. The van der Waals surface area contributed by atoms with Gasteiger partial charge in [0.25, 0.3) is 0 Å². The van der Waals surface area contributed by atoms with E-state index in [1.807, 2.05) is 16.9 Å². The summed E-state index contributed by atoms with van der Waals surface area (Å²) in [6.45, 7) is 4.10. The molecule has 0 spiro atoms. The number of hydrogen-bond donors (Lipinski definition) is 2. The van der Waals surface area contributed by atoms with E-state index in [-0.39, 0.29) is 23.9 Å². The fraction of sp³-hybridized carbons (Fsp3) is 0.417. The predicted octanol–water partition coefficient (Wildman–Crippen LogP) is 3.43. The Hall–Kier alpha value is -2.74. The van der Waals surface area contributed by atoms with Crippen LogP contribution in [0.4, 0.5) is 4.39 Å². The summed E-state index contributed by atoms with van der Waals surface area (Å²) in [7, 11) is -3.93. The first kappa shape index (κ1) is 23.9. The normalized spacial score (nSPS) is 13.9. The second-order valence-corrected chi connectivity index (χ2v) is 10.6. The number of nitrogens with two attached hydrogens (primary N) is 1. The first-order valence-electron chi connectivity index (χ1n) is 10.8. The standard InChI is InChI=1S/C24H29FN2O4S/c1-15(2)23-18(11-12-32(30,31)27-22(29)14-21(26)28)5-6-19(13-16-3-4-16)24(23)17-7-9-20(25)10-8-17/h5-10,15-16H,3-4,11-14H2,1-2H3,(H2,26,28)(H,27,29). The molecule has 1 aliphatic rings. The molecule has 172 valence electrons. The molecule has 1 saturated carbocycles. The third-order valence-corrected chi connectivity index (χ3v) is 6.86. The minimum atomic E-state index is -3.93. The highest BCUT2D eigenvalue weighted by atomic mass is 32.2. The number of carbonyl (C=O) groups is 2. The Morgan fingerprint density at radius 1 is 1.09 bits per heavy atom. The van der Waals surface area contributed by atoms with Crippen LogP contribution in [0.15, 0.2) is 36.4 Å². The molecule has 0 saturated heterocycles. The van der Waals surface area contributed by atoms with Crippen LogP contribution < -0.4 is 10.5 Å². The molecule has 0 bridgehead atoms. The van der Waals surface area contributed by atoms with Crippen molar-refractivity contribution in [3.63, 3.8) is 0 Å². The van der Waals surface area contributed by atoms with Gasteiger partial charge in [0.05, 0.1) is 5.75 Å². The van der Waals surface area contributed by atoms with Crippen molar-refractivity contribution in [1.29, 1.82) is 0 Å². The summed E-state index contributed by atoms with van der Waals surface area (Å²) in [5.74, 6) is -1.68. The maximum absolute atomic E-state index is 13.6. The topological polar surface area (TPSA) is 106 Å². The van der Waals surface area contributed by atoms with Crippen LogP contribution in [0.25, 0.3) is 11.1 Å². The molecule has 0 atom stereocenters. The largest absolute Gasteiger partial charge is 0.369 e. The van der Waals surface area contributed by atoms with E-state index in [0.717, 1.165) is 28.7 Å². The molecule has 6 nitrogen and oxygen atoms in total. The van der Waals surface area contributed by atoms with Gasteiger partial charge >= 0.3 is 0 Å². The molecule has 1 aliphatic carbocycles. The smallest absolute Gasteiger partial charge is 0.242 e. The van der Waals surface area contributed by atoms with Gasteiger partial charge in [0, 0.05) is 0 Å². The number of hydrogen-bond acceptors (Lipinski definition) is 4. The molecule has 1 fully saturated rings. The van der Waals surface area contributed by atoms with E-state index >= 15 is 0 Å². The van der Waals surface area contributed by atoms with Gasteiger partial charge in [0.2, 0.25) is 21.8 Å². The quantitative estimate of drug-likeness (QED) is 0.530. The molecule has 32 heavy (non-hydrogen) atoms. The first-order chi connectivity index (χ1) is 15.1. The van der Waals surface area contributed by atoms with Crippen molar-refractivity contribution in [3.8, 4) is 11.1 Å². The van der Waals surface area contributed by atoms with Gasteiger partial charge in [-0.3, -0.25) is 14.3 Å². The third kappa shape index (κ3) is 6.38. The van der Waals surface area contributed by atoms with Crippen LogP contribution in [0.3, 0.4) is 0 Å². The summed E-state index contributed by atoms with van der Waals surface area (Å²) >= 11 is 0. The number of amides is 2. The summed E-state index contributed by atoms with van der Waals surface area (Å²) in [5, 5.41) is 0. The molecule has 8 heteroatoms. The SMILES string of the molecule is CC(C)c1c(CCS(=O)(=O)NC(=O)CC(N)=O)ccc(CC2CC2)c1-c1ccc(F)cc1. The fourth-order valence-electron chi connectivity index (χ4n) is 4.01. The number of benzene rings is 2. The summed E-state index contributed by atoms with van der Waals surface area (Å²) in [5.41, 5.74) is 9.98. The van der Waals surface area contributed by atoms with Crippen LogP contribution in [0.2, 0.25) is 0 Å². The van der Waals surface area contributed by atoms with E-state index in [9.17, 15) is 22.4 Å². The molecule has 2 aromatic rings. The number of sulfonamides is 1. The number of carbonyl (C=O) groups excluding carboxylic acids is 2. The van der Waals surface area contributed by atoms with Crippen LogP contribution in [-0.4, -0.2) is 26.0 Å². The Labute approximate surface area is 188 Å². The van der Waals surface area contributed by atoms with Crippen molar-refractivity contribution in [2.45, 2.75) is 51.9 Å². The van der Waals surface area contributed by atoms with Crippen LogP contribution in [-0.2, 0) is 32.5 Å². The van der Waals surface area contributed by atoms with Gasteiger partial charge in [-0.25, -0.2) is 12.8 Å². The second-order valence-electron chi connectivity index (χ2n) is 8.72. The lowest BCUT2D eigenvalue weighted by molar-refractivity contribution is -0.126. The molecule has 0 unspecified atom stereocenters. The lowest BCUT2D eigenvalue weighted by atomic mass is 9.83. The zero-order chi connectivity index (χ0) is 23.5. The Morgan fingerprint density at radius 2 is 1.72 bits per heavy atom. The highest BCUT2D eigenvalue weighted by molar-refractivity contribution is 7.90. The highest BCUT2D eigenvalue weighted by Crippen LogP contribution is 2.40. The number of primary amides is 1.